The molecule has 0 aliphatic carbocycles. The van der Waals surface area contributed by atoms with Gasteiger partial charge in [0.2, 0.25) is 0 Å². The fraction of sp³-hybridized carbons (Fsp3) is 0.462. The summed E-state index contributed by atoms with van der Waals surface area (Å²) in [7, 11) is 0. The van der Waals surface area contributed by atoms with E-state index in [1.165, 1.54) is 11.1 Å². The average molecular weight is 283 g/mol. The van der Waals surface area contributed by atoms with Crippen LogP contribution >= 0.6 is 12.2 Å². The molecule has 0 heterocycles. The Morgan fingerprint density at radius 1 is 1.05 bits per heavy atom. The van der Waals surface area contributed by atoms with Gasteiger partial charge in [0.25, 0.3) is 0 Å². The molecule has 0 atom stereocenters. The molecule has 0 aromatic heterocycles. The van der Waals surface area contributed by atoms with Crippen LogP contribution in [0.1, 0.15) is 11.1 Å². The quantitative estimate of drug-likeness (QED) is 0.291. The molecule has 19 heavy (non-hydrogen) atoms. The van der Waals surface area contributed by atoms with E-state index in [4.69, 9.17) is 11.5 Å². The minimum absolute atomic E-state index is 0.254. The van der Waals surface area contributed by atoms with Crippen LogP contribution in [-0.4, -0.2) is 31.3 Å². The Labute approximate surface area is 121 Å². The van der Waals surface area contributed by atoms with Crippen molar-refractivity contribution in [3.63, 3.8) is 0 Å². The Balaban J connectivity index is 0.000000356. The van der Waals surface area contributed by atoms with E-state index < -0.39 is 0 Å². The van der Waals surface area contributed by atoms with Crippen LogP contribution < -0.4 is 27.6 Å². The van der Waals surface area contributed by atoms with Crippen LogP contribution in [0.2, 0.25) is 0 Å². The normalized spacial score (nSPS) is 9.42. The van der Waals surface area contributed by atoms with E-state index in [2.05, 4.69) is 66.5 Å². The van der Waals surface area contributed by atoms with E-state index in [0.717, 1.165) is 19.6 Å². The molecule has 0 aliphatic rings. The van der Waals surface area contributed by atoms with Crippen molar-refractivity contribution in [2.24, 2.45) is 11.5 Å². The maximum Gasteiger partial charge on any atom is 0.178 e. The topological polar surface area (TPSA) is 88.1 Å². The van der Waals surface area contributed by atoms with Crippen molar-refractivity contribution in [1.29, 1.82) is 0 Å². The molecule has 0 saturated heterocycles. The summed E-state index contributed by atoms with van der Waals surface area (Å²) in [5, 5.41) is 3.35. The minimum atomic E-state index is 0.254. The van der Waals surface area contributed by atoms with Gasteiger partial charge in [-0.2, -0.15) is 0 Å². The van der Waals surface area contributed by atoms with Crippen LogP contribution in [0.15, 0.2) is 24.3 Å². The zero-order valence-electron chi connectivity index (χ0n) is 11.7. The molecule has 0 amide bonds. The minimum Gasteiger partial charge on any atom is -0.375 e. The van der Waals surface area contributed by atoms with Crippen LogP contribution in [0.3, 0.4) is 0 Å². The maximum absolute atomic E-state index is 5.25. The number of nitrogens with two attached hydrogens (primary N) is 2. The Morgan fingerprint density at radius 2 is 1.58 bits per heavy atom. The SMILES string of the molecule is Cc1ccc(C)cc1.NCCNCCNNC(N)=S. The van der Waals surface area contributed by atoms with Crippen molar-refractivity contribution in [2.75, 3.05) is 26.2 Å². The Bertz CT molecular complexity index is 318. The fourth-order valence-corrected chi connectivity index (χ4v) is 1.24. The molecule has 0 unspecified atom stereocenters. The highest BCUT2D eigenvalue weighted by Crippen LogP contribution is 1.99. The average Bonchev–Trinajstić information content (AvgIpc) is 2.38. The zero-order chi connectivity index (χ0) is 14.5. The van der Waals surface area contributed by atoms with Gasteiger partial charge in [-0.05, 0) is 26.1 Å². The van der Waals surface area contributed by atoms with Crippen LogP contribution in [0.4, 0.5) is 0 Å². The van der Waals surface area contributed by atoms with Crippen molar-refractivity contribution in [3.8, 4) is 0 Å². The first-order valence-electron chi connectivity index (χ1n) is 6.28. The lowest BCUT2D eigenvalue weighted by Gasteiger charge is -2.06. The van der Waals surface area contributed by atoms with Gasteiger partial charge < -0.3 is 16.8 Å². The smallest absolute Gasteiger partial charge is 0.178 e. The highest BCUT2D eigenvalue weighted by atomic mass is 32.1. The Hall–Kier alpha value is -1.21. The molecule has 1 aromatic carbocycles. The van der Waals surface area contributed by atoms with Crippen LogP contribution in [0, 0.1) is 13.8 Å². The number of hydrazine groups is 1. The summed E-state index contributed by atoms with van der Waals surface area (Å²) in [6.45, 7) is 7.28. The summed E-state index contributed by atoms with van der Waals surface area (Å²) in [5.41, 5.74) is 18.5. The van der Waals surface area contributed by atoms with Crippen LogP contribution in [0.25, 0.3) is 0 Å². The largest absolute Gasteiger partial charge is 0.375 e. The summed E-state index contributed by atoms with van der Waals surface area (Å²) in [6.07, 6.45) is 0. The highest BCUT2D eigenvalue weighted by molar-refractivity contribution is 7.80. The summed E-state index contributed by atoms with van der Waals surface area (Å²) in [6, 6.07) is 8.48. The highest BCUT2D eigenvalue weighted by Gasteiger charge is 1.85. The van der Waals surface area contributed by atoms with Crippen LogP contribution in [0.5, 0.6) is 0 Å². The predicted octanol–water partition coefficient (Wildman–Crippen LogP) is 0.176. The summed E-state index contributed by atoms with van der Waals surface area (Å²) >= 11 is 4.56. The van der Waals surface area contributed by atoms with Gasteiger partial charge >= 0.3 is 0 Å². The maximum atomic E-state index is 5.25. The monoisotopic (exact) mass is 283 g/mol. The molecule has 0 saturated carbocycles. The first kappa shape index (κ1) is 17.8. The molecule has 0 spiro atoms. The van der Waals surface area contributed by atoms with Crippen molar-refractivity contribution in [3.05, 3.63) is 35.4 Å². The summed E-state index contributed by atoms with van der Waals surface area (Å²) in [4.78, 5) is 0. The van der Waals surface area contributed by atoms with E-state index in [1.54, 1.807) is 0 Å². The molecule has 0 aliphatic heterocycles. The Morgan fingerprint density at radius 3 is 2.00 bits per heavy atom. The predicted molar refractivity (Wildman–Crippen MR) is 85.8 cm³/mol. The van der Waals surface area contributed by atoms with Gasteiger partial charge in [0.1, 0.15) is 0 Å². The number of hydrogen-bond acceptors (Lipinski definition) is 4. The van der Waals surface area contributed by atoms with Gasteiger partial charge in [-0.15, -0.1) is 0 Å². The van der Waals surface area contributed by atoms with Gasteiger partial charge in [-0.3, -0.25) is 5.43 Å². The van der Waals surface area contributed by atoms with Crippen molar-refractivity contribution < 1.29 is 0 Å². The molecule has 5 nitrogen and oxygen atoms in total. The molecule has 0 radical (unpaired) electrons. The first-order chi connectivity index (χ1) is 9.06. The fourth-order valence-electron chi connectivity index (χ4n) is 1.16. The van der Waals surface area contributed by atoms with E-state index in [0.29, 0.717) is 6.54 Å². The van der Waals surface area contributed by atoms with E-state index in [9.17, 15) is 0 Å². The third-order valence-electron chi connectivity index (χ3n) is 2.18. The lowest BCUT2D eigenvalue weighted by molar-refractivity contribution is 0.595. The molecule has 0 bridgehead atoms. The molecule has 7 N–H and O–H groups in total. The van der Waals surface area contributed by atoms with Gasteiger partial charge in [0.15, 0.2) is 5.11 Å². The number of rotatable bonds is 6. The molecule has 1 rings (SSSR count). The second-order valence-electron chi connectivity index (χ2n) is 4.11. The first-order valence-corrected chi connectivity index (χ1v) is 6.69. The van der Waals surface area contributed by atoms with Crippen LogP contribution in [-0.2, 0) is 0 Å². The second kappa shape index (κ2) is 11.9. The molecular formula is C13H25N5S. The zero-order valence-corrected chi connectivity index (χ0v) is 12.5. The molecule has 1 aromatic rings. The van der Waals surface area contributed by atoms with Crippen molar-refractivity contribution in [1.82, 2.24) is 16.2 Å². The lowest BCUT2D eigenvalue weighted by Crippen LogP contribution is -2.44. The number of thiocarbonyl (C=S) groups is 1. The van der Waals surface area contributed by atoms with E-state index >= 15 is 0 Å². The lowest BCUT2D eigenvalue weighted by atomic mass is 10.2. The van der Waals surface area contributed by atoms with Gasteiger partial charge in [-0.1, -0.05) is 35.4 Å². The summed E-state index contributed by atoms with van der Waals surface area (Å²) in [5.74, 6) is 0. The molecule has 6 heteroatoms. The van der Waals surface area contributed by atoms with Gasteiger partial charge in [0, 0.05) is 26.2 Å². The molecule has 0 fully saturated rings. The van der Waals surface area contributed by atoms with Crippen molar-refractivity contribution >= 4 is 17.3 Å². The molecule has 108 valence electrons. The number of hydrogen-bond donors (Lipinski definition) is 5. The standard InChI is InChI=1S/C8H10.C5H15N5S/c1-7-3-5-8(2)6-4-7;6-1-2-8-3-4-9-10-5(7)11/h3-6H,1-2H3;8-9H,1-4,6H2,(H3,7,10,11). The number of benzene rings is 1. The van der Waals surface area contributed by atoms with Crippen molar-refractivity contribution in [2.45, 2.75) is 13.8 Å². The molecular weight excluding hydrogens is 258 g/mol. The van der Waals surface area contributed by atoms with E-state index in [1.807, 2.05) is 0 Å². The second-order valence-corrected chi connectivity index (χ2v) is 4.55. The Kier molecular flexibility index (Phi) is 11.1. The third-order valence-corrected chi connectivity index (χ3v) is 2.28. The van der Waals surface area contributed by atoms with Gasteiger partial charge in [0.05, 0.1) is 0 Å². The van der Waals surface area contributed by atoms with Gasteiger partial charge in [-0.25, -0.2) is 5.43 Å². The number of nitrogens with one attached hydrogen (secondary N) is 3. The summed E-state index contributed by atoms with van der Waals surface area (Å²) < 4.78 is 0. The third kappa shape index (κ3) is 13.0. The number of aryl methyl sites for hydroxylation is 2. The van der Waals surface area contributed by atoms with E-state index in [-0.39, 0.29) is 5.11 Å².